The summed E-state index contributed by atoms with van der Waals surface area (Å²) >= 11 is 0. The molecular weight excluding hydrogens is 316 g/mol. The number of methoxy groups -OCH3 is 2. The highest BCUT2D eigenvalue weighted by Crippen LogP contribution is 2.37. The molecule has 6 heteroatoms. The molecule has 0 fully saturated rings. The smallest absolute Gasteiger partial charge is 0.164 e. The van der Waals surface area contributed by atoms with Gasteiger partial charge in [0.25, 0.3) is 0 Å². The molecule has 23 heavy (non-hydrogen) atoms. The molecular formula is C17H23ClN2O3. The molecule has 0 aliphatic heterocycles. The second kappa shape index (κ2) is 9.25. The summed E-state index contributed by atoms with van der Waals surface area (Å²) in [7, 11) is 3.17. The molecule has 0 bridgehead atoms. The zero-order chi connectivity index (χ0) is 15.9. The van der Waals surface area contributed by atoms with Crippen molar-refractivity contribution in [3.05, 3.63) is 53.6 Å². The molecule has 0 aromatic heterocycles. The number of hydrogen-bond donors (Lipinski definition) is 2. The van der Waals surface area contributed by atoms with Gasteiger partial charge in [0.2, 0.25) is 0 Å². The number of hydrogen-bond acceptors (Lipinski definition) is 5. The van der Waals surface area contributed by atoms with Crippen molar-refractivity contribution in [2.75, 3.05) is 20.8 Å². The molecule has 5 nitrogen and oxygen atoms in total. The summed E-state index contributed by atoms with van der Waals surface area (Å²) < 4.78 is 16.5. The SMILES string of the molecule is COc1cc(OCc2ccccc2)c([C@H](N)CN)cc1OC.Cl. The molecule has 2 aromatic rings. The summed E-state index contributed by atoms with van der Waals surface area (Å²) in [4.78, 5) is 0. The Hall–Kier alpha value is -1.95. The van der Waals surface area contributed by atoms with Gasteiger partial charge in [0.15, 0.2) is 11.5 Å². The van der Waals surface area contributed by atoms with Gasteiger partial charge in [0.05, 0.1) is 14.2 Å². The minimum absolute atomic E-state index is 0. The first-order chi connectivity index (χ1) is 10.7. The van der Waals surface area contributed by atoms with Crippen molar-refractivity contribution in [3.63, 3.8) is 0 Å². The lowest BCUT2D eigenvalue weighted by molar-refractivity contribution is 0.295. The van der Waals surface area contributed by atoms with E-state index in [0.717, 1.165) is 11.1 Å². The molecule has 0 heterocycles. The van der Waals surface area contributed by atoms with Crippen molar-refractivity contribution < 1.29 is 14.2 Å². The van der Waals surface area contributed by atoms with Crippen LogP contribution in [0.15, 0.2) is 42.5 Å². The first kappa shape index (κ1) is 19.1. The molecule has 0 saturated carbocycles. The third-order valence-electron chi connectivity index (χ3n) is 3.41. The fraction of sp³-hybridized carbons (Fsp3) is 0.294. The molecule has 0 aliphatic carbocycles. The fourth-order valence-electron chi connectivity index (χ4n) is 2.15. The van der Waals surface area contributed by atoms with E-state index in [0.29, 0.717) is 30.4 Å². The highest BCUT2D eigenvalue weighted by Gasteiger charge is 2.17. The van der Waals surface area contributed by atoms with Gasteiger partial charge in [-0.15, -0.1) is 12.4 Å². The van der Waals surface area contributed by atoms with E-state index in [1.165, 1.54) is 0 Å². The highest BCUT2D eigenvalue weighted by atomic mass is 35.5. The van der Waals surface area contributed by atoms with E-state index in [1.807, 2.05) is 36.4 Å². The highest BCUT2D eigenvalue weighted by molar-refractivity contribution is 5.85. The average Bonchev–Trinajstić information content (AvgIpc) is 2.59. The van der Waals surface area contributed by atoms with E-state index in [2.05, 4.69) is 0 Å². The summed E-state index contributed by atoms with van der Waals surface area (Å²) in [5.41, 5.74) is 13.6. The van der Waals surface area contributed by atoms with Crippen LogP contribution in [-0.2, 0) is 6.61 Å². The van der Waals surface area contributed by atoms with E-state index in [9.17, 15) is 0 Å². The molecule has 0 amide bonds. The van der Waals surface area contributed by atoms with Crippen molar-refractivity contribution in [1.29, 1.82) is 0 Å². The van der Waals surface area contributed by atoms with Gasteiger partial charge in [-0.05, 0) is 11.6 Å². The molecule has 0 spiro atoms. The maximum Gasteiger partial charge on any atom is 0.164 e. The van der Waals surface area contributed by atoms with Crippen LogP contribution in [0.5, 0.6) is 17.2 Å². The quantitative estimate of drug-likeness (QED) is 0.811. The van der Waals surface area contributed by atoms with Crippen molar-refractivity contribution in [2.24, 2.45) is 11.5 Å². The van der Waals surface area contributed by atoms with E-state index in [4.69, 9.17) is 25.7 Å². The predicted molar refractivity (Wildman–Crippen MR) is 93.6 cm³/mol. The number of nitrogens with two attached hydrogens (primary N) is 2. The Bertz CT molecular complexity index is 608. The summed E-state index contributed by atoms with van der Waals surface area (Å²) in [6.45, 7) is 0.762. The molecule has 0 radical (unpaired) electrons. The number of benzene rings is 2. The molecule has 2 aromatic carbocycles. The van der Waals surface area contributed by atoms with Gasteiger partial charge in [0, 0.05) is 24.2 Å². The molecule has 1 atom stereocenters. The van der Waals surface area contributed by atoms with Gasteiger partial charge >= 0.3 is 0 Å². The van der Waals surface area contributed by atoms with Crippen LogP contribution in [0.4, 0.5) is 0 Å². The Morgan fingerprint density at radius 3 is 2.13 bits per heavy atom. The molecule has 2 rings (SSSR count). The van der Waals surface area contributed by atoms with Crippen molar-refractivity contribution in [1.82, 2.24) is 0 Å². The zero-order valence-corrected chi connectivity index (χ0v) is 14.1. The Labute approximate surface area is 142 Å². The van der Waals surface area contributed by atoms with Crippen molar-refractivity contribution >= 4 is 12.4 Å². The van der Waals surface area contributed by atoms with E-state index >= 15 is 0 Å². The Morgan fingerprint density at radius 1 is 0.957 bits per heavy atom. The second-order valence-corrected chi connectivity index (χ2v) is 4.86. The van der Waals surface area contributed by atoms with Crippen LogP contribution in [-0.4, -0.2) is 20.8 Å². The zero-order valence-electron chi connectivity index (χ0n) is 13.3. The van der Waals surface area contributed by atoms with Gasteiger partial charge in [-0.3, -0.25) is 0 Å². The third kappa shape index (κ3) is 4.76. The fourth-order valence-corrected chi connectivity index (χ4v) is 2.15. The normalized spacial score (nSPS) is 11.3. The molecule has 0 aliphatic rings. The van der Waals surface area contributed by atoms with Crippen LogP contribution in [0.25, 0.3) is 0 Å². The first-order valence-electron chi connectivity index (χ1n) is 7.07. The first-order valence-corrected chi connectivity index (χ1v) is 7.07. The van der Waals surface area contributed by atoms with Crippen molar-refractivity contribution in [3.8, 4) is 17.2 Å². The van der Waals surface area contributed by atoms with Gasteiger partial charge in [0.1, 0.15) is 12.4 Å². The monoisotopic (exact) mass is 338 g/mol. The van der Waals surface area contributed by atoms with Crippen molar-refractivity contribution in [2.45, 2.75) is 12.6 Å². The number of ether oxygens (including phenoxy) is 3. The summed E-state index contributed by atoms with van der Waals surface area (Å²) in [6.07, 6.45) is 0. The van der Waals surface area contributed by atoms with Gasteiger partial charge in [-0.1, -0.05) is 30.3 Å². The van der Waals surface area contributed by atoms with E-state index < -0.39 is 0 Å². The van der Waals surface area contributed by atoms with E-state index in [1.54, 1.807) is 20.3 Å². The minimum Gasteiger partial charge on any atom is -0.493 e. The van der Waals surface area contributed by atoms with Crippen LogP contribution in [0.3, 0.4) is 0 Å². The largest absolute Gasteiger partial charge is 0.493 e. The van der Waals surface area contributed by atoms with Crippen LogP contribution in [0.2, 0.25) is 0 Å². The van der Waals surface area contributed by atoms with Crippen LogP contribution >= 0.6 is 12.4 Å². The lowest BCUT2D eigenvalue weighted by atomic mass is 10.1. The second-order valence-electron chi connectivity index (χ2n) is 4.86. The standard InChI is InChI=1S/C17H22N2O3.ClH/c1-20-16-8-13(14(19)10-18)15(9-17(16)21-2)22-11-12-6-4-3-5-7-12;/h3-9,14H,10-11,18-19H2,1-2H3;1H/t14-;/m1./s1. The minimum atomic E-state index is -0.328. The molecule has 126 valence electrons. The van der Waals surface area contributed by atoms with Crippen LogP contribution < -0.4 is 25.7 Å². The Balaban J connectivity index is 0.00000264. The van der Waals surface area contributed by atoms with Crippen LogP contribution in [0.1, 0.15) is 17.2 Å². The summed E-state index contributed by atoms with van der Waals surface area (Å²) in [5, 5.41) is 0. The molecule has 0 unspecified atom stereocenters. The third-order valence-corrected chi connectivity index (χ3v) is 3.41. The maximum atomic E-state index is 6.08. The molecule has 0 saturated heterocycles. The molecule has 4 N–H and O–H groups in total. The topological polar surface area (TPSA) is 79.7 Å². The maximum absolute atomic E-state index is 6.08. The van der Waals surface area contributed by atoms with E-state index in [-0.39, 0.29) is 18.4 Å². The van der Waals surface area contributed by atoms with Gasteiger partial charge in [-0.25, -0.2) is 0 Å². The van der Waals surface area contributed by atoms with Gasteiger partial charge < -0.3 is 25.7 Å². The Morgan fingerprint density at radius 2 is 1.57 bits per heavy atom. The average molecular weight is 339 g/mol. The summed E-state index contributed by atoms with van der Waals surface area (Å²) in [5.74, 6) is 1.85. The van der Waals surface area contributed by atoms with Gasteiger partial charge in [-0.2, -0.15) is 0 Å². The lowest BCUT2D eigenvalue weighted by Gasteiger charge is -2.19. The number of halogens is 1. The lowest BCUT2D eigenvalue weighted by Crippen LogP contribution is -2.21. The van der Waals surface area contributed by atoms with Crippen LogP contribution in [0, 0.1) is 0 Å². The predicted octanol–water partition coefficient (Wildman–Crippen LogP) is 2.66. The number of rotatable bonds is 7. The summed E-state index contributed by atoms with van der Waals surface area (Å²) in [6, 6.07) is 13.2. The Kier molecular flexibility index (Phi) is 7.68.